The van der Waals surface area contributed by atoms with E-state index in [9.17, 15) is 9.59 Å². The Labute approximate surface area is 133 Å². The van der Waals surface area contributed by atoms with E-state index < -0.39 is 5.91 Å². The fourth-order valence-electron chi connectivity index (χ4n) is 1.66. The van der Waals surface area contributed by atoms with Gasteiger partial charge in [0.25, 0.3) is 11.8 Å². The van der Waals surface area contributed by atoms with Gasteiger partial charge in [-0.1, -0.05) is 23.8 Å². The molecule has 0 aliphatic carbocycles. The van der Waals surface area contributed by atoms with Crippen molar-refractivity contribution in [2.24, 2.45) is 0 Å². The third-order valence-corrected chi connectivity index (χ3v) is 4.01. The molecule has 2 N–H and O–H groups in total. The van der Waals surface area contributed by atoms with Crippen LogP contribution in [-0.4, -0.2) is 22.0 Å². The van der Waals surface area contributed by atoms with Crippen molar-refractivity contribution in [3.8, 4) is 0 Å². The van der Waals surface area contributed by atoms with E-state index in [4.69, 9.17) is 0 Å². The average Bonchev–Trinajstić information content (AvgIpc) is 2.55. The van der Waals surface area contributed by atoms with Gasteiger partial charge in [0.15, 0.2) is 0 Å². The number of pyridine rings is 1. The van der Waals surface area contributed by atoms with Crippen LogP contribution < -0.4 is 10.9 Å². The monoisotopic (exact) mass is 315 g/mol. The molecule has 0 aliphatic heterocycles. The molecule has 22 heavy (non-hydrogen) atoms. The second kappa shape index (κ2) is 7.61. The predicted molar refractivity (Wildman–Crippen MR) is 86.3 cm³/mol. The summed E-state index contributed by atoms with van der Waals surface area (Å²) in [6, 6.07) is 12.9. The normalized spacial score (nSPS) is 11.5. The largest absolute Gasteiger partial charge is 0.288 e. The number of hydrogen-bond acceptors (Lipinski definition) is 4. The summed E-state index contributed by atoms with van der Waals surface area (Å²) in [5, 5.41) is -0.327. The maximum absolute atomic E-state index is 12.0. The van der Waals surface area contributed by atoms with Crippen molar-refractivity contribution in [3.63, 3.8) is 0 Å². The third-order valence-electron chi connectivity index (χ3n) is 2.90. The van der Waals surface area contributed by atoms with Gasteiger partial charge in [-0.15, -0.1) is 11.8 Å². The highest BCUT2D eigenvalue weighted by atomic mass is 32.2. The number of thioether (sulfide) groups is 1. The van der Waals surface area contributed by atoms with E-state index in [1.165, 1.54) is 23.5 Å². The van der Waals surface area contributed by atoms with Crippen LogP contribution in [0.15, 0.2) is 53.6 Å². The number of rotatable bonds is 4. The van der Waals surface area contributed by atoms with Crippen LogP contribution in [0.25, 0.3) is 0 Å². The van der Waals surface area contributed by atoms with Gasteiger partial charge >= 0.3 is 0 Å². The highest BCUT2D eigenvalue weighted by Crippen LogP contribution is 2.23. The Morgan fingerprint density at radius 2 is 1.82 bits per heavy atom. The molecule has 5 nitrogen and oxygen atoms in total. The predicted octanol–water partition coefficient (Wildman–Crippen LogP) is 2.33. The Balaban J connectivity index is 1.84. The molecular weight excluding hydrogens is 298 g/mol. The molecule has 0 spiro atoms. The van der Waals surface area contributed by atoms with Crippen molar-refractivity contribution in [2.45, 2.75) is 24.0 Å². The van der Waals surface area contributed by atoms with Crippen molar-refractivity contribution in [2.75, 3.05) is 0 Å². The quantitative estimate of drug-likeness (QED) is 0.671. The van der Waals surface area contributed by atoms with Crippen LogP contribution in [0, 0.1) is 6.92 Å². The molecule has 0 bridgehead atoms. The lowest BCUT2D eigenvalue weighted by Gasteiger charge is -2.12. The molecule has 0 aliphatic rings. The van der Waals surface area contributed by atoms with E-state index in [2.05, 4.69) is 15.8 Å². The minimum absolute atomic E-state index is 0.252. The first-order chi connectivity index (χ1) is 10.6. The number of nitrogens with one attached hydrogen (secondary N) is 2. The Kier molecular flexibility index (Phi) is 5.55. The van der Waals surface area contributed by atoms with Gasteiger partial charge in [0.2, 0.25) is 0 Å². The molecule has 2 aromatic rings. The van der Waals surface area contributed by atoms with Crippen LogP contribution in [0.4, 0.5) is 0 Å². The number of carbonyl (C=O) groups excluding carboxylic acids is 2. The number of aryl methyl sites for hydroxylation is 1. The van der Waals surface area contributed by atoms with Gasteiger partial charge in [0, 0.05) is 11.1 Å². The lowest BCUT2D eigenvalue weighted by Crippen LogP contribution is -2.45. The zero-order valence-electron chi connectivity index (χ0n) is 12.4. The molecule has 0 unspecified atom stereocenters. The molecular formula is C16H17N3O2S. The van der Waals surface area contributed by atoms with Crippen molar-refractivity contribution in [1.82, 2.24) is 15.8 Å². The third kappa shape index (κ3) is 4.60. The smallest absolute Gasteiger partial charge is 0.272 e. The van der Waals surface area contributed by atoms with E-state index in [1.54, 1.807) is 25.1 Å². The van der Waals surface area contributed by atoms with Crippen LogP contribution in [0.2, 0.25) is 0 Å². The highest BCUT2D eigenvalue weighted by molar-refractivity contribution is 8.00. The molecule has 1 atom stereocenters. The SMILES string of the molecule is Cc1ccc(S[C@H](C)C(=O)NNC(=O)c2ccccn2)cc1. The molecule has 1 aromatic carbocycles. The molecule has 2 rings (SSSR count). The standard InChI is InChI=1S/C16H17N3O2S/c1-11-6-8-13(9-7-11)22-12(2)15(20)18-19-16(21)14-5-3-4-10-17-14/h3-10,12H,1-2H3,(H,18,20)(H,19,21)/t12-/m1/s1. The van der Waals surface area contributed by atoms with Gasteiger partial charge in [-0.25, -0.2) is 0 Å². The first-order valence-corrected chi connectivity index (χ1v) is 7.69. The fourth-order valence-corrected chi connectivity index (χ4v) is 2.52. The van der Waals surface area contributed by atoms with Gasteiger partial charge in [0.1, 0.15) is 5.69 Å². The number of hydrogen-bond donors (Lipinski definition) is 2. The second-order valence-electron chi connectivity index (χ2n) is 4.73. The fraction of sp³-hybridized carbons (Fsp3) is 0.188. The van der Waals surface area contributed by atoms with Crippen molar-refractivity contribution >= 4 is 23.6 Å². The van der Waals surface area contributed by atoms with E-state index in [-0.39, 0.29) is 16.9 Å². The summed E-state index contributed by atoms with van der Waals surface area (Å²) in [6.45, 7) is 3.80. The Morgan fingerprint density at radius 1 is 1.09 bits per heavy atom. The van der Waals surface area contributed by atoms with Crippen LogP contribution >= 0.6 is 11.8 Å². The average molecular weight is 315 g/mol. The summed E-state index contributed by atoms with van der Waals surface area (Å²) in [6.07, 6.45) is 1.52. The number of carbonyl (C=O) groups is 2. The lowest BCUT2D eigenvalue weighted by molar-refractivity contribution is -0.121. The van der Waals surface area contributed by atoms with Gasteiger partial charge < -0.3 is 0 Å². The summed E-state index contributed by atoms with van der Waals surface area (Å²) in [4.78, 5) is 28.7. The van der Waals surface area contributed by atoms with Crippen LogP contribution in [0.5, 0.6) is 0 Å². The number of aromatic nitrogens is 1. The van der Waals surface area contributed by atoms with Gasteiger partial charge in [-0.3, -0.25) is 25.4 Å². The van der Waals surface area contributed by atoms with Gasteiger partial charge in [0.05, 0.1) is 5.25 Å². The van der Waals surface area contributed by atoms with Gasteiger partial charge in [-0.2, -0.15) is 0 Å². The molecule has 0 radical (unpaired) electrons. The number of benzene rings is 1. The summed E-state index contributed by atoms with van der Waals surface area (Å²) >= 11 is 1.43. The molecule has 2 amide bonds. The van der Waals surface area contributed by atoms with Crippen molar-refractivity contribution in [3.05, 3.63) is 59.9 Å². The minimum atomic E-state index is -0.443. The van der Waals surface area contributed by atoms with Crippen LogP contribution in [-0.2, 0) is 4.79 Å². The zero-order valence-corrected chi connectivity index (χ0v) is 13.2. The Hall–Kier alpha value is -2.34. The molecule has 1 aromatic heterocycles. The van der Waals surface area contributed by atoms with Crippen molar-refractivity contribution < 1.29 is 9.59 Å². The first kappa shape index (κ1) is 16.0. The second-order valence-corrected chi connectivity index (χ2v) is 6.15. The molecule has 0 fully saturated rings. The number of nitrogens with zero attached hydrogens (tertiary/aromatic N) is 1. The molecule has 0 saturated carbocycles. The summed E-state index contributed by atoms with van der Waals surface area (Å²) < 4.78 is 0. The maximum atomic E-state index is 12.0. The van der Waals surface area contributed by atoms with Crippen molar-refractivity contribution in [1.29, 1.82) is 0 Å². The maximum Gasteiger partial charge on any atom is 0.288 e. The van der Waals surface area contributed by atoms with Crippen LogP contribution in [0.3, 0.4) is 0 Å². The first-order valence-electron chi connectivity index (χ1n) is 6.81. The molecule has 1 heterocycles. The van der Waals surface area contributed by atoms with E-state index in [1.807, 2.05) is 31.2 Å². The highest BCUT2D eigenvalue weighted by Gasteiger charge is 2.15. The Bertz CT molecular complexity index is 644. The molecule has 114 valence electrons. The Morgan fingerprint density at radius 3 is 2.45 bits per heavy atom. The summed E-state index contributed by atoms with van der Waals surface area (Å²) in [5.74, 6) is -0.712. The number of hydrazine groups is 1. The van der Waals surface area contributed by atoms with Crippen LogP contribution in [0.1, 0.15) is 23.0 Å². The number of amides is 2. The summed E-state index contributed by atoms with van der Waals surface area (Å²) in [5.41, 5.74) is 6.20. The van der Waals surface area contributed by atoms with E-state index in [0.29, 0.717) is 0 Å². The lowest BCUT2D eigenvalue weighted by atomic mass is 10.2. The van der Waals surface area contributed by atoms with E-state index >= 15 is 0 Å². The molecule has 6 heteroatoms. The topological polar surface area (TPSA) is 71.1 Å². The summed E-state index contributed by atoms with van der Waals surface area (Å²) in [7, 11) is 0. The van der Waals surface area contributed by atoms with E-state index in [0.717, 1.165) is 4.90 Å². The van der Waals surface area contributed by atoms with Gasteiger partial charge in [-0.05, 0) is 38.1 Å². The minimum Gasteiger partial charge on any atom is -0.272 e. The zero-order chi connectivity index (χ0) is 15.9. The molecule has 0 saturated heterocycles.